The van der Waals surface area contributed by atoms with E-state index in [9.17, 15) is 0 Å². The zero-order valence-electron chi connectivity index (χ0n) is 17.6. The van der Waals surface area contributed by atoms with Gasteiger partial charge < -0.3 is 23.9 Å². The Hall–Kier alpha value is -2.56. The summed E-state index contributed by atoms with van der Waals surface area (Å²) in [5.41, 5.74) is 1.17. The maximum atomic E-state index is 5.41. The molecule has 9 heteroatoms. The zero-order chi connectivity index (χ0) is 20.5. The van der Waals surface area contributed by atoms with Gasteiger partial charge in [-0.1, -0.05) is 19.1 Å². The van der Waals surface area contributed by atoms with Gasteiger partial charge in [-0.25, -0.2) is 4.99 Å². The number of nitrogens with one attached hydrogen (secondary N) is 1. The van der Waals surface area contributed by atoms with Crippen LogP contribution in [0.15, 0.2) is 58.4 Å². The lowest BCUT2D eigenvalue weighted by Gasteiger charge is -2.23. The molecule has 1 N–H and O–H groups in total. The van der Waals surface area contributed by atoms with E-state index >= 15 is 0 Å². The van der Waals surface area contributed by atoms with Gasteiger partial charge >= 0.3 is 0 Å². The summed E-state index contributed by atoms with van der Waals surface area (Å²) < 4.78 is 12.7. The summed E-state index contributed by atoms with van der Waals surface area (Å²) in [6.45, 7) is 4.77. The standard InChI is InChI=1S/C21H28N6O2.HI/c1-4-20-25-24-16-27(20)12-11-22-21(23-14-19-6-5-13-29-19)26(2)15-17-7-9-18(28-3)10-8-17;/h5-10,13,16H,4,11-12,14-15H2,1-3H3,(H,22,23);1H. The number of hydrogen-bond acceptors (Lipinski definition) is 5. The first kappa shape index (κ1) is 23.7. The van der Waals surface area contributed by atoms with Crippen molar-refractivity contribution in [3.8, 4) is 5.75 Å². The van der Waals surface area contributed by atoms with E-state index in [-0.39, 0.29) is 24.0 Å². The van der Waals surface area contributed by atoms with Crippen LogP contribution in [0.4, 0.5) is 0 Å². The van der Waals surface area contributed by atoms with Crippen LogP contribution in [0.3, 0.4) is 0 Å². The molecule has 0 aliphatic carbocycles. The topological polar surface area (TPSA) is 80.7 Å². The molecule has 0 bridgehead atoms. The van der Waals surface area contributed by atoms with E-state index in [0.29, 0.717) is 6.54 Å². The molecule has 2 aromatic heterocycles. The molecule has 2 heterocycles. The number of halogens is 1. The molecule has 0 saturated carbocycles. The average molecular weight is 524 g/mol. The Balaban J connectivity index is 0.00000320. The number of aromatic nitrogens is 3. The number of furan rings is 1. The molecule has 0 aliphatic rings. The smallest absolute Gasteiger partial charge is 0.194 e. The number of benzene rings is 1. The minimum Gasteiger partial charge on any atom is -0.497 e. The van der Waals surface area contributed by atoms with Gasteiger partial charge in [-0.05, 0) is 29.8 Å². The van der Waals surface area contributed by atoms with Gasteiger partial charge in [0.05, 0.1) is 13.4 Å². The van der Waals surface area contributed by atoms with Crippen molar-refractivity contribution in [3.63, 3.8) is 0 Å². The maximum Gasteiger partial charge on any atom is 0.194 e. The van der Waals surface area contributed by atoms with Crippen molar-refractivity contribution >= 4 is 29.9 Å². The van der Waals surface area contributed by atoms with Crippen LogP contribution in [0.1, 0.15) is 24.1 Å². The number of ether oxygens (including phenoxy) is 1. The van der Waals surface area contributed by atoms with E-state index in [0.717, 1.165) is 49.3 Å². The van der Waals surface area contributed by atoms with E-state index in [2.05, 4.69) is 44.0 Å². The summed E-state index contributed by atoms with van der Waals surface area (Å²) in [6, 6.07) is 11.9. The van der Waals surface area contributed by atoms with E-state index < -0.39 is 0 Å². The largest absolute Gasteiger partial charge is 0.497 e. The highest BCUT2D eigenvalue weighted by atomic mass is 127. The second-order valence-corrected chi connectivity index (χ2v) is 6.64. The molecule has 30 heavy (non-hydrogen) atoms. The van der Waals surface area contributed by atoms with Gasteiger partial charge in [0, 0.05) is 33.1 Å². The highest BCUT2D eigenvalue weighted by molar-refractivity contribution is 14.0. The van der Waals surface area contributed by atoms with Gasteiger partial charge in [0.1, 0.15) is 30.2 Å². The molecule has 0 saturated heterocycles. The molecule has 0 amide bonds. The summed E-state index contributed by atoms with van der Waals surface area (Å²) >= 11 is 0. The molecule has 0 atom stereocenters. The maximum absolute atomic E-state index is 5.41. The summed E-state index contributed by atoms with van der Waals surface area (Å²) in [7, 11) is 3.69. The van der Waals surface area contributed by atoms with E-state index in [1.165, 1.54) is 5.56 Å². The number of aryl methyl sites for hydroxylation is 1. The zero-order valence-corrected chi connectivity index (χ0v) is 19.9. The van der Waals surface area contributed by atoms with Crippen LogP contribution >= 0.6 is 24.0 Å². The van der Waals surface area contributed by atoms with Crippen molar-refractivity contribution in [1.82, 2.24) is 25.0 Å². The van der Waals surface area contributed by atoms with Crippen molar-refractivity contribution in [1.29, 1.82) is 0 Å². The molecule has 0 spiro atoms. The molecular formula is C21H29IN6O2. The molecule has 0 aliphatic heterocycles. The third-order valence-corrected chi connectivity index (χ3v) is 4.55. The second-order valence-electron chi connectivity index (χ2n) is 6.64. The molecule has 8 nitrogen and oxygen atoms in total. The van der Waals surface area contributed by atoms with Gasteiger partial charge in [0.25, 0.3) is 0 Å². The highest BCUT2D eigenvalue weighted by Crippen LogP contribution is 2.13. The van der Waals surface area contributed by atoms with Crippen LogP contribution in [0, 0.1) is 0 Å². The van der Waals surface area contributed by atoms with Crippen LogP contribution in [0.5, 0.6) is 5.75 Å². The summed E-state index contributed by atoms with van der Waals surface area (Å²) in [6.07, 6.45) is 4.29. The monoisotopic (exact) mass is 524 g/mol. The van der Waals surface area contributed by atoms with Crippen molar-refractivity contribution in [3.05, 3.63) is 66.1 Å². The predicted molar refractivity (Wildman–Crippen MR) is 127 cm³/mol. The lowest BCUT2D eigenvalue weighted by Crippen LogP contribution is -2.40. The van der Waals surface area contributed by atoms with Gasteiger partial charge in [-0.15, -0.1) is 34.2 Å². The fourth-order valence-electron chi connectivity index (χ4n) is 2.97. The Morgan fingerprint density at radius 2 is 2.07 bits per heavy atom. The first-order chi connectivity index (χ1) is 14.2. The Labute approximate surface area is 194 Å². The number of methoxy groups -OCH3 is 1. The van der Waals surface area contributed by atoms with E-state index in [4.69, 9.17) is 14.1 Å². The van der Waals surface area contributed by atoms with E-state index in [1.54, 1.807) is 19.7 Å². The third kappa shape index (κ3) is 6.75. The van der Waals surface area contributed by atoms with Crippen LogP contribution in [-0.2, 0) is 26.1 Å². The highest BCUT2D eigenvalue weighted by Gasteiger charge is 2.09. The molecule has 0 unspecified atom stereocenters. The van der Waals surface area contributed by atoms with Crippen LogP contribution < -0.4 is 10.1 Å². The SMILES string of the molecule is CCc1nncn1CCNC(=NCc1ccco1)N(C)Cc1ccc(OC)cc1.I. The normalized spacial score (nSPS) is 11.1. The van der Waals surface area contributed by atoms with Gasteiger partial charge in [0.15, 0.2) is 5.96 Å². The number of hydrogen-bond donors (Lipinski definition) is 1. The fraction of sp³-hybridized carbons (Fsp3) is 0.381. The lowest BCUT2D eigenvalue weighted by atomic mass is 10.2. The Morgan fingerprint density at radius 3 is 2.73 bits per heavy atom. The van der Waals surface area contributed by atoms with E-state index in [1.807, 2.05) is 31.3 Å². The van der Waals surface area contributed by atoms with Crippen molar-refractivity contribution in [2.75, 3.05) is 20.7 Å². The Morgan fingerprint density at radius 1 is 1.27 bits per heavy atom. The van der Waals surface area contributed by atoms with Gasteiger partial charge in [-0.2, -0.15) is 0 Å². The quantitative estimate of drug-likeness (QED) is 0.263. The predicted octanol–water partition coefficient (Wildman–Crippen LogP) is 3.34. The van der Waals surface area contributed by atoms with Crippen LogP contribution in [0.2, 0.25) is 0 Å². The number of rotatable bonds is 9. The van der Waals surface area contributed by atoms with Crippen molar-refractivity contribution < 1.29 is 9.15 Å². The summed E-state index contributed by atoms with van der Waals surface area (Å²) in [5, 5.41) is 11.6. The summed E-state index contributed by atoms with van der Waals surface area (Å²) in [5.74, 6) is 3.46. The Kier molecular flexibility index (Phi) is 9.65. The molecule has 1 aromatic carbocycles. The average Bonchev–Trinajstić information content (AvgIpc) is 3.42. The van der Waals surface area contributed by atoms with Crippen molar-refractivity contribution in [2.24, 2.45) is 4.99 Å². The lowest BCUT2D eigenvalue weighted by molar-refractivity contribution is 0.414. The molecule has 0 fully saturated rings. The molecule has 162 valence electrons. The Bertz CT molecular complexity index is 893. The number of aliphatic imine (C=N–C) groups is 1. The first-order valence-electron chi connectivity index (χ1n) is 9.71. The van der Waals surface area contributed by atoms with Crippen LogP contribution in [0.25, 0.3) is 0 Å². The molecular weight excluding hydrogens is 495 g/mol. The first-order valence-corrected chi connectivity index (χ1v) is 9.71. The molecule has 0 radical (unpaired) electrons. The minimum atomic E-state index is 0. The molecule has 3 aromatic rings. The van der Waals surface area contributed by atoms with Crippen LogP contribution in [-0.4, -0.2) is 46.3 Å². The van der Waals surface area contributed by atoms with Gasteiger partial charge in [-0.3, -0.25) is 0 Å². The number of guanidine groups is 1. The number of nitrogens with zero attached hydrogens (tertiary/aromatic N) is 5. The molecule has 3 rings (SSSR count). The van der Waals surface area contributed by atoms with Gasteiger partial charge in [0.2, 0.25) is 0 Å². The second kappa shape index (κ2) is 12.2. The third-order valence-electron chi connectivity index (χ3n) is 4.55. The summed E-state index contributed by atoms with van der Waals surface area (Å²) in [4.78, 5) is 6.82. The minimum absolute atomic E-state index is 0. The fourth-order valence-corrected chi connectivity index (χ4v) is 2.97. The van der Waals surface area contributed by atoms with Crippen molar-refractivity contribution in [2.45, 2.75) is 33.0 Å².